The van der Waals surface area contributed by atoms with Crippen molar-refractivity contribution < 1.29 is 4.74 Å². The van der Waals surface area contributed by atoms with E-state index in [2.05, 4.69) is 128 Å². The molecule has 2 saturated heterocycles. The molecule has 2 aromatic carbocycles. The van der Waals surface area contributed by atoms with Crippen molar-refractivity contribution in [2.75, 3.05) is 14.1 Å². The number of likely N-dealkylation sites (tertiary alicyclic amines) is 2. The van der Waals surface area contributed by atoms with Crippen LogP contribution in [0.2, 0.25) is 0 Å². The van der Waals surface area contributed by atoms with Crippen LogP contribution in [0.1, 0.15) is 92.2 Å². The highest BCUT2D eigenvalue weighted by Gasteiger charge is 2.43. The molecule has 0 radical (unpaired) electrons. The van der Waals surface area contributed by atoms with E-state index in [0.717, 1.165) is 24.3 Å². The Bertz CT molecular complexity index is 927. The van der Waals surface area contributed by atoms with Crippen molar-refractivity contribution in [1.82, 2.24) is 9.80 Å². The molecule has 0 aliphatic carbocycles. The van der Waals surface area contributed by atoms with Gasteiger partial charge in [-0.1, -0.05) is 24.3 Å². The van der Waals surface area contributed by atoms with E-state index in [1.54, 1.807) is 0 Å². The summed E-state index contributed by atoms with van der Waals surface area (Å²) < 4.78 is 6.22. The standard InChI is InChI=1S/C34H52N2O/c1-31(2)21-27(22-32(3,4)35(31)9)19-25-11-15-29(16-12-25)37-30-17-13-26(14-18-30)20-28-23-33(5,6)36(10)34(7,8)24-28/h11-18,27-28H,19-24H2,1-10H3. The number of piperidine rings is 2. The van der Waals surface area contributed by atoms with Crippen LogP contribution >= 0.6 is 0 Å². The molecule has 2 aliphatic rings. The van der Waals surface area contributed by atoms with Gasteiger partial charge in [0.1, 0.15) is 11.5 Å². The van der Waals surface area contributed by atoms with Gasteiger partial charge in [0.2, 0.25) is 0 Å². The van der Waals surface area contributed by atoms with Crippen LogP contribution in [0.5, 0.6) is 11.5 Å². The quantitative estimate of drug-likeness (QED) is 0.393. The van der Waals surface area contributed by atoms with E-state index in [-0.39, 0.29) is 22.2 Å². The first-order valence-electron chi connectivity index (χ1n) is 14.4. The molecular weight excluding hydrogens is 452 g/mol. The summed E-state index contributed by atoms with van der Waals surface area (Å²) in [5, 5.41) is 0. The predicted octanol–water partition coefficient (Wildman–Crippen LogP) is 8.36. The molecule has 2 aromatic rings. The van der Waals surface area contributed by atoms with Crippen LogP contribution in [0, 0.1) is 11.8 Å². The molecule has 4 rings (SSSR count). The van der Waals surface area contributed by atoms with E-state index in [4.69, 9.17) is 4.74 Å². The highest BCUT2D eigenvalue weighted by atomic mass is 16.5. The minimum atomic E-state index is 0.237. The van der Waals surface area contributed by atoms with Gasteiger partial charge in [-0.3, -0.25) is 9.80 Å². The zero-order valence-corrected chi connectivity index (χ0v) is 25.3. The van der Waals surface area contributed by atoms with E-state index in [1.807, 2.05) is 0 Å². The fourth-order valence-electron chi connectivity index (χ4n) is 7.64. The van der Waals surface area contributed by atoms with Gasteiger partial charge in [0, 0.05) is 22.2 Å². The Morgan fingerprint density at radius 2 is 0.811 bits per heavy atom. The second kappa shape index (κ2) is 10.0. The largest absolute Gasteiger partial charge is 0.457 e. The minimum Gasteiger partial charge on any atom is -0.457 e. The molecule has 2 heterocycles. The minimum absolute atomic E-state index is 0.237. The van der Waals surface area contributed by atoms with Gasteiger partial charge in [-0.15, -0.1) is 0 Å². The molecule has 0 atom stereocenters. The first kappa shape index (κ1) is 28.2. The van der Waals surface area contributed by atoms with Crippen molar-refractivity contribution in [3.8, 4) is 11.5 Å². The average molecular weight is 505 g/mol. The first-order chi connectivity index (χ1) is 17.1. The third kappa shape index (κ3) is 6.42. The van der Waals surface area contributed by atoms with Crippen LogP contribution < -0.4 is 4.74 Å². The van der Waals surface area contributed by atoms with E-state index < -0.39 is 0 Å². The molecule has 0 spiro atoms. The highest BCUT2D eigenvalue weighted by molar-refractivity contribution is 5.35. The van der Waals surface area contributed by atoms with Crippen LogP contribution in [0.25, 0.3) is 0 Å². The first-order valence-corrected chi connectivity index (χ1v) is 14.4. The maximum atomic E-state index is 6.22. The van der Waals surface area contributed by atoms with Gasteiger partial charge in [-0.2, -0.15) is 0 Å². The Kier molecular flexibility index (Phi) is 7.65. The summed E-state index contributed by atoms with van der Waals surface area (Å²) in [6, 6.07) is 17.6. The van der Waals surface area contributed by atoms with E-state index >= 15 is 0 Å². The molecule has 0 saturated carbocycles. The lowest BCUT2D eigenvalue weighted by Gasteiger charge is -2.54. The van der Waals surface area contributed by atoms with Crippen molar-refractivity contribution in [2.45, 2.75) is 116 Å². The number of hydrogen-bond donors (Lipinski definition) is 0. The van der Waals surface area contributed by atoms with Crippen molar-refractivity contribution >= 4 is 0 Å². The normalized spacial score (nSPS) is 24.2. The van der Waals surface area contributed by atoms with Gasteiger partial charge in [0.15, 0.2) is 0 Å². The van der Waals surface area contributed by atoms with Crippen LogP contribution in [-0.2, 0) is 12.8 Å². The molecule has 204 valence electrons. The molecule has 3 heteroatoms. The molecule has 0 unspecified atom stereocenters. The molecule has 37 heavy (non-hydrogen) atoms. The summed E-state index contributed by atoms with van der Waals surface area (Å²) in [7, 11) is 4.57. The van der Waals surface area contributed by atoms with Crippen LogP contribution in [-0.4, -0.2) is 46.1 Å². The second-order valence-electron chi connectivity index (χ2n) is 14.7. The average Bonchev–Trinajstić information content (AvgIpc) is 2.78. The van der Waals surface area contributed by atoms with Crippen molar-refractivity contribution in [2.24, 2.45) is 11.8 Å². The molecule has 0 amide bonds. The number of rotatable bonds is 6. The zero-order chi connectivity index (χ0) is 27.2. The third-order valence-electron chi connectivity index (χ3n) is 9.92. The van der Waals surface area contributed by atoms with Crippen LogP contribution in [0.15, 0.2) is 48.5 Å². The monoisotopic (exact) mass is 504 g/mol. The van der Waals surface area contributed by atoms with Gasteiger partial charge in [0.05, 0.1) is 0 Å². The number of ether oxygens (including phenoxy) is 1. The summed E-state index contributed by atoms with van der Waals surface area (Å²) in [5.74, 6) is 3.25. The number of hydrogen-bond acceptors (Lipinski definition) is 3. The van der Waals surface area contributed by atoms with E-state index in [1.165, 1.54) is 36.8 Å². The molecule has 2 fully saturated rings. The summed E-state index contributed by atoms with van der Waals surface area (Å²) in [6.07, 6.45) is 7.24. The van der Waals surface area contributed by atoms with Gasteiger partial charge in [-0.05, 0) is 155 Å². The van der Waals surface area contributed by atoms with Gasteiger partial charge in [-0.25, -0.2) is 0 Å². The Morgan fingerprint density at radius 3 is 1.08 bits per heavy atom. The second-order valence-corrected chi connectivity index (χ2v) is 14.7. The Hall–Kier alpha value is -1.84. The molecular formula is C34H52N2O. The van der Waals surface area contributed by atoms with Gasteiger partial charge >= 0.3 is 0 Å². The Balaban J connectivity index is 1.33. The molecule has 2 aliphatic heterocycles. The molecule has 0 aromatic heterocycles. The Morgan fingerprint density at radius 1 is 0.541 bits per heavy atom. The molecule has 0 N–H and O–H groups in total. The number of nitrogens with zero attached hydrogens (tertiary/aromatic N) is 2. The zero-order valence-electron chi connectivity index (χ0n) is 25.3. The van der Waals surface area contributed by atoms with Gasteiger partial charge in [0.25, 0.3) is 0 Å². The topological polar surface area (TPSA) is 15.7 Å². The fourth-order valence-corrected chi connectivity index (χ4v) is 7.64. The number of benzene rings is 2. The smallest absolute Gasteiger partial charge is 0.127 e. The van der Waals surface area contributed by atoms with E-state index in [9.17, 15) is 0 Å². The van der Waals surface area contributed by atoms with E-state index in [0.29, 0.717) is 11.8 Å². The summed E-state index contributed by atoms with van der Waals surface area (Å²) in [5.41, 5.74) is 3.77. The van der Waals surface area contributed by atoms with Crippen molar-refractivity contribution in [1.29, 1.82) is 0 Å². The fraction of sp³-hybridized carbons (Fsp3) is 0.647. The summed E-state index contributed by atoms with van der Waals surface area (Å²) in [4.78, 5) is 5.13. The SMILES string of the molecule is CN1C(C)(C)CC(Cc2ccc(Oc3ccc(CC4CC(C)(C)N(C)C(C)(C)C4)cc3)cc2)CC1(C)C. The lowest BCUT2D eigenvalue weighted by atomic mass is 9.72. The van der Waals surface area contributed by atoms with Crippen LogP contribution in [0.4, 0.5) is 0 Å². The van der Waals surface area contributed by atoms with Gasteiger partial charge < -0.3 is 4.74 Å². The summed E-state index contributed by atoms with van der Waals surface area (Å²) >= 11 is 0. The third-order valence-corrected chi connectivity index (χ3v) is 9.92. The van der Waals surface area contributed by atoms with Crippen molar-refractivity contribution in [3.05, 3.63) is 59.7 Å². The summed E-state index contributed by atoms with van der Waals surface area (Å²) in [6.45, 7) is 19.1. The highest BCUT2D eigenvalue weighted by Crippen LogP contribution is 2.42. The predicted molar refractivity (Wildman–Crippen MR) is 158 cm³/mol. The Labute approximate surface area is 227 Å². The molecule has 3 nitrogen and oxygen atoms in total. The molecule has 0 bridgehead atoms. The maximum absolute atomic E-state index is 6.22. The van der Waals surface area contributed by atoms with Crippen molar-refractivity contribution in [3.63, 3.8) is 0 Å². The maximum Gasteiger partial charge on any atom is 0.127 e. The van der Waals surface area contributed by atoms with Crippen LogP contribution in [0.3, 0.4) is 0 Å². The lowest BCUT2D eigenvalue weighted by molar-refractivity contribution is -0.0299. The lowest BCUT2D eigenvalue weighted by Crippen LogP contribution is -2.58.